The molecule has 1 aliphatic heterocycles. The Bertz CT molecular complexity index is 956. The molecule has 4 N–H and O–H groups in total. The lowest BCUT2D eigenvalue weighted by molar-refractivity contribution is -0.136. The highest BCUT2D eigenvalue weighted by Gasteiger charge is 2.17. The molecule has 0 radical (unpaired) electrons. The zero-order valence-corrected chi connectivity index (χ0v) is 14.2. The third kappa shape index (κ3) is 4.10. The van der Waals surface area contributed by atoms with Crippen molar-refractivity contribution in [3.8, 4) is 11.5 Å². The highest BCUT2D eigenvalue weighted by Crippen LogP contribution is 2.34. The zero-order valence-electron chi connectivity index (χ0n) is 13.4. The van der Waals surface area contributed by atoms with Crippen LogP contribution in [0.15, 0.2) is 47.4 Å². The average Bonchev–Trinajstić information content (AvgIpc) is 3.07. The first-order valence-corrected chi connectivity index (χ1v) is 8.98. The number of ether oxygens (including phenoxy) is 2. The summed E-state index contributed by atoms with van der Waals surface area (Å²) < 4.78 is 32.7. The molecule has 1 heterocycles. The number of carbonyl (C=O) groups is 2. The van der Waals surface area contributed by atoms with Gasteiger partial charge in [-0.2, -0.15) is 0 Å². The maximum absolute atomic E-state index is 11.9. The van der Waals surface area contributed by atoms with Gasteiger partial charge in [-0.1, -0.05) is 12.1 Å². The number of sulfonamides is 1. The normalized spacial score (nSPS) is 12.5. The van der Waals surface area contributed by atoms with Gasteiger partial charge in [-0.3, -0.25) is 9.59 Å². The van der Waals surface area contributed by atoms with E-state index in [1.807, 2.05) is 0 Å². The molecule has 0 saturated carbocycles. The van der Waals surface area contributed by atoms with Crippen LogP contribution in [-0.4, -0.2) is 27.0 Å². The first-order chi connectivity index (χ1) is 12.3. The molecule has 9 nitrogen and oxygen atoms in total. The zero-order chi connectivity index (χ0) is 18.7. The molecule has 26 heavy (non-hydrogen) atoms. The van der Waals surface area contributed by atoms with Gasteiger partial charge in [-0.15, -0.1) is 0 Å². The minimum Gasteiger partial charge on any atom is -0.454 e. The van der Waals surface area contributed by atoms with Crippen LogP contribution in [-0.2, 0) is 26.2 Å². The Labute approximate surface area is 149 Å². The molecule has 0 atom stereocenters. The van der Waals surface area contributed by atoms with Crippen molar-refractivity contribution in [1.82, 2.24) is 5.32 Å². The van der Waals surface area contributed by atoms with Gasteiger partial charge in [0.05, 0.1) is 4.90 Å². The number of benzene rings is 2. The molecule has 0 fully saturated rings. The van der Waals surface area contributed by atoms with Crippen molar-refractivity contribution < 1.29 is 27.5 Å². The molecule has 0 bridgehead atoms. The Morgan fingerprint density at radius 1 is 1.00 bits per heavy atom. The summed E-state index contributed by atoms with van der Waals surface area (Å²) in [4.78, 5) is 23.8. The molecule has 1 aliphatic rings. The van der Waals surface area contributed by atoms with Crippen LogP contribution >= 0.6 is 0 Å². The third-order valence-corrected chi connectivity index (χ3v) is 4.47. The fraction of sp³-hybridized carbons (Fsp3) is 0.125. The number of nitrogens with one attached hydrogen (secondary N) is 2. The summed E-state index contributed by atoms with van der Waals surface area (Å²) in [5.74, 6) is -0.628. The number of carbonyl (C=O) groups excluding carboxylic acids is 2. The number of anilines is 1. The Morgan fingerprint density at radius 2 is 1.69 bits per heavy atom. The summed E-state index contributed by atoms with van der Waals surface area (Å²) in [5, 5.41) is 9.90. The number of hydrogen-bond acceptors (Lipinski definition) is 6. The van der Waals surface area contributed by atoms with E-state index in [9.17, 15) is 18.0 Å². The summed E-state index contributed by atoms with van der Waals surface area (Å²) in [7, 11) is -3.77. The summed E-state index contributed by atoms with van der Waals surface area (Å²) in [6, 6.07) is 10.4. The van der Waals surface area contributed by atoms with E-state index in [0.717, 1.165) is 0 Å². The first kappa shape index (κ1) is 17.7. The maximum Gasteiger partial charge on any atom is 0.313 e. The van der Waals surface area contributed by atoms with Crippen LogP contribution in [0.25, 0.3) is 0 Å². The van der Waals surface area contributed by atoms with Gasteiger partial charge in [-0.25, -0.2) is 13.6 Å². The maximum atomic E-state index is 11.9. The molecule has 0 spiro atoms. The molecule has 0 aromatic heterocycles. The monoisotopic (exact) mass is 377 g/mol. The summed E-state index contributed by atoms with van der Waals surface area (Å²) in [5.41, 5.74) is 1.01. The van der Waals surface area contributed by atoms with Crippen molar-refractivity contribution in [2.45, 2.75) is 11.4 Å². The summed E-state index contributed by atoms with van der Waals surface area (Å²) in [6.45, 7) is 0.162. The van der Waals surface area contributed by atoms with Crippen molar-refractivity contribution in [2.75, 3.05) is 12.1 Å². The Morgan fingerprint density at radius 3 is 2.38 bits per heavy atom. The van der Waals surface area contributed by atoms with Crippen molar-refractivity contribution in [3.63, 3.8) is 0 Å². The average molecular weight is 377 g/mol. The lowest BCUT2D eigenvalue weighted by Crippen LogP contribution is -2.34. The van der Waals surface area contributed by atoms with Gasteiger partial charge in [0.15, 0.2) is 11.5 Å². The second-order valence-electron chi connectivity index (χ2n) is 5.39. The van der Waals surface area contributed by atoms with Gasteiger partial charge >= 0.3 is 11.8 Å². The van der Waals surface area contributed by atoms with Crippen molar-refractivity contribution in [3.05, 3.63) is 48.0 Å². The number of nitrogens with two attached hydrogens (primary N) is 1. The van der Waals surface area contributed by atoms with Gasteiger partial charge in [-0.05, 0) is 29.8 Å². The SMILES string of the molecule is NS(=O)(=O)c1ccc(CNC(=O)C(=O)Nc2ccc3c(c2)OCO3)cc1. The first-order valence-electron chi connectivity index (χ1n) is 7.43. The van der Waals surface area contributed by atoms with E-state index in [1.165, 1.54) is 24.3 Å². The molecule has 2 amide bonds. The largest absolute Gasteiger partial charge is 0.454 e. The second kappa shape index (κ2) is 7.02. The predicted octanol–water partition coefficient (Wildman–Crippen LogP) is 0.318. The molecule has 10 heteroatoms. The number of primary sulfonamides is 1. The van der Waals surface area contributed by atoms with Crippen LogP contribution in [0.1, 0.15) is 5.56 Å². The molecular formula is C16H15N3O6S. The van der Waals surface area contributed by atoms with Crippen LogP contribution in [0.2, 0.25) is 0 Å². The molecule has 3 rings (SSSR count). The number of amides is 2. The summed E-state index contributed by atoms with van der Waals surface area (Å²) in [6.07, 6.45) is 0. The van der Waals surface area contributed by atoms with E-state index in [0.29, 0.717) is 22.7 Å². The van der Waals surface area contributed by atoms with E-state index < -0.39 is 21.8 Å². The van der Waals surface area contributed by atoms with E-state index in [-0.39, 0.29) is 18.2 Å². The Hall–Kier alpha value is -3.11. The standard InChI is InChI=1S/C16H15N3O6S/c17-26(22,23)12-4-1-10(2-5-12)8-18-15(20)16(21)19-11-3-6-13-14(7-11)25-9-24-13/h1-7H,8-9H2,(H,18,20)(H,19,21)(H2,17,22,23). The number of fused-ring (bicyclic) bond motifs is 1. The highest BCUT2D eigenvalue weighted by molar-refractivity contribution is 7.89. The van der Waals surface area contributed by atoms with Gasteiger partial charge in [0.1, 0.15) is 0 Å². The molecular weight excluding hydrogens is 362 g/mol. The van der Waals surface area contributed by atoms with Crippen LogP contribution in [0.3, 0.4) is 0 Å². The van der Waals surface area contributed by atoms with E-state index in [4.69, 9.17) is 14.6 Å². The van der Waals surface area contributed by atoms with E-state index in [2.05, 4.69) is 10.6 Å². The predicted molar refractivity (Wildman–Crippen MR) is 90.9 cm³/mol. The van der Waals surface area contributed by atoms with E-state index >= 15 is 0 Å². The second-order valence-corrected chi connectivity index (χ2v) is 6.96. The topological polar surface area (TPSA) is 137 Å². The van der Waals surface area contributed by atoms with Gasteiger partial charge in [0.25, 0.3) is 0 Å². The van der Waals surface area contributed by atoms with Crippen molar-refractivity contribution in [2.24, 2.45) is 5.14 Å². The minimum absolute atomic E-state index is 0.0341. The van der Waals surface area contributed by atoms with Gasteiger partial charge in [0, 0.05) is 18.3 Å². The molecule has 0 saturated heterocycles. The number of hydrogen-bond donors (Lipinski definition) is 3. The smallest absolute Gasteiger partial charge is 0.313 e. The Balaban J connectivity index is 1.55. The van der Waals surface area contributed by atoms with Gasteiger partial charge in [0.2, 0.25) is 16.8 Å². The molecule has 2 aromatic rings. The molecule has 2 aromatic carbocycles. The fourth-order valence-corrected chi connectivity index (χ4v) is 2.74. The van der Waals surface area contributed by atoms with Crippen LogP contribution in [0, 0.1) is 0 Å². The van der Waals surface area contributed by atoms with Crippen LogP contribution in [0.4, 0.5) is 5.69 Å². The summed E-state index contributed by atoms with van der Waals surface area (Å²) >= 11 is 0. The highest BCUT2D eigenvalue weighted by atomic mass is 32.2. The van der Waals surface area contributed by atoms with Crippen molar-refractivity contribution >= 4 is 27.5 Å². The molecule has 0 aliphatic carbocycles. The lowest BCUT2D eigenvalue weighted by Gasteiger charge is -2.08. The van der Waals surface area contributed by atoms with Crippen LogP contribution in [0.5, 0.6) is 11.5 Å². The quantitative estimate of drug-likeness (QED) is 0.656. The number of rotatable bonds is 4. The van der Waals surface area contributed by atoms with Crippen LogP contribution < -0.4 is 25.2 Å². The van der Waals surface area contributed by atoms with Crippen molar-refractivity contribution in [1.29, 1.82) is 0 Å². The third-order valence-electron chi connectivity index (χ3n) is 3.54. The lowest BCUT2D eigenvalue weighted by atomic mass is 10.2. The fourth-order valence-electron chi connectivity index (χ4n) is 2.22. The van der Waals surface area contributed by atoms with E-state index in [1.54, 1.807) is 18.2 Å². The minimum atomic E-state index is -3.77. The Kier molecular flexibility index (Phi) is 4.78. The van der Waals surface area contributed by atoms with Gasteiger partial charge < -0.3 is 20.1 Å². The molecule has 136 valence electrons. The molecule has 0 unspecified atom stereocenters.